The van der Waals surface area contributed by atoms with Crippen LogP contribution in [0.15, 0.2) is 41.3 Å². The van der Waals surface area contributed by atoms with E-state index in [0.717, 1.165) is 24.5 Å². The van der Waals surface area contributed by atoms with Crippen LogP contribution >= 0.6 is 0 Å². The quantitative estimate of drug-likeness (QED) is 0.509. The number of nitrogens with one attached hydrogen (secondary N) is 1. The lowest BCUT2D eigenvalue weighted by molar-refractivity contribution is 0.0693. The molecular weight excluding hydrogens is 440 g/mol. The van der Waals surface area contributed by atoms with E-state index >= 15 is 4.39 Å². The molecule has 3 aromatic rings. The molecule has 1 aromatic heterocycles. The van der Waals surface area contributed by atoms with Crippen LogP contribution in [0.5, 0.6) is 11.5 Å². The number of aromatic nitrogens is 1. The Morgan fingerprint density at radius 3 is 2.45 bits per heavy atom. The second-order valence-corrected chi connectivity index (χ2v) is 7.54. The van der Waals surface area contributed by atoms with E-state index in [1.165, 1.54) is 13.3 Å². The molecule has 0 spiro atoms. The van der Waals surface area contributed by atoms with Gasteiger partial charge >= 0.3 is 13.4 Å². The Hall–Kier alpha value is -3.63. The third-order valence-electron chi connectivity index (χ3n) is 5.41. The Bertz CT molecular complexity index is 1260. The first-order valence-corrected chi connectivity index (χ1v) is 10.1. The number of hydrogen-bond acceptors (Lipinski definition) is 6. The summed E-state index contributed by atoms with van der Waals surface area (Å²) in [6.07, 6.45) is 2.67. The molecule has 1 fully saturated rings. The van der Waals surface area contributed by atoms with Crippen LogP contribution in [-0.2, 0) is 11.2 Å². The summed E-state index contributed by atoms with van der Waals surface area (Å²) in [7, 11) is -0.480. The summed E-state index contributed by atoms with van der Waals surface area (Å²) >= 11 is 0. The van der Waals surface area contributed by atoms with E-state index in [9.17, 15) is 18.2 Å². The molecule has 11 heteroatoms. The minimum Gasteiger partial charge on any atom is -0.497 e. The van der Waals surface area contributed by atoms with Crippen molar-refractivity contribution in [2.45, 2.75) is 25.4 Å². The van der Waals surface area contributed by atoms with Gasteiger partial charge in [0.15, 0.2) is 11.6 Å². The maximum atomic E-state index is 15.1. The number of methoxy groups -OCH3 is 2. The zero-order chi connectivity index (χ0) is 23.7. The highest BCUT2D eigenvalue weighted by Crippen LogP contribution is 2.42. The molecular formula is C22H20BF3N2O5. The first-order chi connectivity index (χ1) is 15.8. The number of fused-ring (bicyclic) bond motifs is 1. The van der Waals surface area contributed by atoms with E-state index in [1.807, 2.05) is 12.1 Å². The van der Waals surface area contributed by atoms with E-state index in [0.29, 0.717) is 5.75 Å². The molecule has 1 N–H and O–H groups in total. The van der Waals surface area contributed by atoms with Gasteiger partial charge in [-0.1, -0.05) is 12.1 Å². The summed E-state index contributed by atoms with van der Waals surface area (Å²) < 4.78 is 56.3. The number of carbonyl (C=O) groups excluding carboxylic acids is 1. The normalized spacial score (nSPS) is 13.0. The predicted molar refractivity (Wildman–Crippen MR) is 117 cm³/mol. The van der Waals surface area contributed by atoms with E-state index < -0.39 is 30.2 Å². The average molecular weight is 460 g/mol. The first-order valence-electron chi connectivity index (χ1n) is 10.1. The maximum absolute atomic E-state index is 15.1. The molecule has 0 bridgehead atoms. The Balaban J connectivity index is 1.81. The zero-order valence-corrected chi connectivity index (χ0v) is 17.9. The van der Waals surface area contributed by atoms with Crippen molar-refractivity contribution in [2.24, 2.45) is 0 Å². The number of ether oxygens (including phenoxy) is 2. The molecule has 172 valence electrons. The molecule has 1 heterocycles. The maximum Gasteiger partial charge on any atom is 0.798 e. The van der Waals surface area contributed by atoms with Gasteiger partial charge in [0.25, 0.3) is 0 Å². The number of pyridine rings is 1. The zero-order valence-electron chi connectivity index (χ0n) is 17.9. The summed E-state index contributed by atoms with van der Waals surface area (Å²) in [6.45, 7) is 0.259. The molecule has 0 radical (unpaired) electrons. The molecule has 1 saturated carbocycles. The van der Waals surface area contributed by atoms with Gasteiger partial charge in [-0.15, -0.1) is 0 Å². The standard InChI is InChI=1S/C22H20BF3N2O5/c1-31-14-7-3-12(4-8-14)10-27-18-17(24)9-15-19(21(18)32-2)28(13-5-6-13)11-16(20(15)29)22(30)33-23(25)26/h3-4,7-9,11,13,27H,5-6,10H2,1-2H3. The van der Waals surface area contributed by atoms with Crippen LogP contribution < -0.4 is 20.2 Å². The highest BCUT2D eigenvalue weighted by Gasteiger charge is 2.32. The van der Waals surface area contributed by atoms with Gasteiger partial charge in [-0.25, -0.2) is 17.8 Å². The van der Waals surface area contributed by atoms with Crippen molar-refractivity contribution in [3.05, 3.63) is 63.7 Å². The second kappa shape index (κ2) is 9.09. The number of hydrogen-bond donors (Lipinski definition) is 1. The summed E-state index contributed by atoms with van der Waals surface area (Å²) in [5.74, 6) is -1.49. The summed E-state index contributed by atoms with van der Waals surface area (Å²) in [5.41, 5.74) is -0.335. The largest absolute Gasteiger partial charge is 0.798 e. The van der Waals surface area contributed by atoms with Crippen molar-refractivity contribution in [1.29, 1.82) is 0 Å². The van der Waals surface area contributed by atoms with Crippen LogP contribution in [0.4, 0.5) is 18.7 Å². The molecule has 1 aliphatic rings. The Kier molecular flexibility index (Phi) is 6.21. The number of benzene rings is 2. The lowest BCUT2D eigenvalue weighted by atomic mass is 10.1. The second-order valence-electron chi connectivity index (χ2n) is 7.54. The Labute approximate surface area is 187 Å². The fraction of sp³-hybridized carbons (Fsp3) is 0.273. The molecule has 0 amide bonds. The van der Waals surface area contributed by atoms with Gasteiger partial charge in [0.05, 0.1) is 25.1 Å². The number of rotatable bonds is 8. The first kappa shape index (κ1) is 22.6. The summed E-state index contributed by atoms with van der Waals surface area (Å²) in [5, 5.41) is 2.84. The van der Waals surface area contributed by atoms with Crippen molar-refractivity contribution >= 4 is 30.0 Å². The predicted octanol–water partition coefficient (Wildman–Crippen LogP) is 4.19. The molecule has 0 atom stereocenters. The van der Waals surface area contributed by atoms with Crippen LogP contribution in [-0.4, -0.2) is 32.2 Å². The number of halogens is 3. The van der Waals surface area contributed by atoms with Crippen LogP contribution in [0.25, 0.3) is 10.9 Å². The van der Waals surface area contributed by atoms with Crippen molar-refractivity contribution in [2.75, 3.05) is 19.5 Å². The van der Waals surface area contributed by atoms with Crippen LogP contribution in [0.1, 0.15) is 34.8 Å². The monoisotopic (exact) mass is 460 g/mol. The van der Waals surface area contributed by atoms with Gasteiger partial charge in [-0.2, -0.15) is 0 Å². The van der Waals surface area contributed by atoms with Crippen molar-refractivity contribution in [3.8, 4) is 11.5 Å². The van der Waals surface area contributed by atoms with E-state index in [4.69, 9.17) is 9.47 Å². The Morgan fingerprint density at radius 1 is 1.18 bits per heavy atom. The van der Waals surface area contributed by atoms with Gasteiger partial charge in [-0.3, -0.25) is 4.79 Å². The topological polar surface area (TPSA) is 78.8 Å². The van der Waals surface area contributed by atoms with Crippen molar-refractivity contribution < 1.29 is 31.9 Å². The van der Waals surface area contributed by atoms with Crippen LogP contribution in [0.2, 0.25) is 0 Å². The molecule has 0 saturated heterocycles. The molecule has 4 rings (SSSR count). The van der Waals surface area contributed by atoms with Gasteiger partial charge in [0, 0.05) is 18.8 Å². The van der Waals surface area contributed by atoms with Crippen LogP contribution in [0, 0.1) is 5.82 Å². The fourth-order valence-electron chi connectivity index (χ4n) is 3.68. The molecule has 1 aliphatic carbocycles. The summed E-state index contributed by atoms with van der Waals surface area (Å²) in [6, 6.07) is 8.08. The summed E-state index contributed by atoms with van der Waals surface area (Å²) in [4.78, 5) is 25.0. The molecule has 2 aromatic carbocycles. The van der Waals surface area contributed by atoms with Gasteiger partial charge < -0.3 is 24.0 Å². The molecule has 7 nitrogen and oxygen atoms in total. The highest BCUT2D eigenvalue weighted by atomic mass is 19.2. The van der Waals surface area contributed by atoms with Crippen molar-refractivity contribution in [1.82, 2.24) is 4.57 Å². The van der Waals surface area contributed by atoms with Gasteiger partial charge in [-0.05, 0) is 36.6 Å². The number of anilines is 1. The minimum absolute atomic E-state index is 0.0394. The third-order valence-corrected chi connectivity index (χ3v) is 5.41. The fourth-order valence-corrected chi connectivity index (χ4v) is 3.68. The number of carbonyl (C=O) groups is 1. The van der Waals surface area contributed by atoms with Crippen molar-refractivity contribution in [3.63, 3.8) is 0 Å². The van der Waals surface area contributed by atoms with Gasteiger partial charge in [0.1, 0.15) is 17.0 Å². The highest BCUT2D eigenvalue weighted by molar-refractivity contribution is 6.38. The molecule has 33 heavy (non-hydrogen) atoms. The molecule has 0 aliphatic heterocycles. The SMILES string of the molecule is COc1ccc(CNc2c(F)cc3c(=O)c(C(=O)OB(F)F)cn(C4CC4)c3c2OC)cc1. The Morgan fingerprint density at radius 2 is 1.88 bits per heavy atom. The lowest BCUT2D eigenvalue weighted by Crippen LogP contribution is -2.24. The lowest BCUT2D eigenvalue weighted by Gasteiger charge is -2.19. The van der Waals surface area contributed by atoms with E-state index in [1.54, 1.807) is 23.8 Å². The van der Waals surface area contributed by atoms with Crippen LogP contribution in [0.3, 0.4) is 0 Å². The van der Waals surface area contributed by atoms with E-state index in [2.05, 4.69) is 9.97 Å². The smallest absolute Gasteiger partial charge is 0.497 e. The minimum atomic E-state index is -3.38. The molecule has 0 unspecified atom stereocenters. The number of nitrogens with zero attached hydrogens (tertiary/aromatic N) is 1. The van der Waals surface area contributed by atoms with E-state index in [-0.39, 0.29) is 34.9 Å². The third kappa shape index (κ3) is 4.48. The average Bonchev–Trinajstić information content (AvgIpc) is 3.63. The van der Waals surface area contributed by atoms with Gasteiger partial charge in [0.2, 0.25) is 5.43 Å².